The number of hydrogen-bond acceptors (Lipinski definition) is 4. The minimum atomic E-state index is -0.311. The van der Waals surface area contributed by atoms with Gasteiger partial charge in [-0.25, -0.2) is 4.98 Å². The van der Waals surface area contributed by atoms with E-state index in [1.54, 1.807) is 4.57 Å². The first kappa shape index (κ1) is 25.5. The molecule has 0 saturated carbocycles. The van der Waals surface area contributed by atoms with E-state index < -0.39 is 0 Å². The van der Waals surface area contributed by atoms with Gasteiger partial charge in [0.25, 0.3) is 5.56 Å². The van der Waals surface area contributed by atoms with Crippen LogP contribution < -0.4 is 10.9 Å². The number of halogens is 1. The van der Waals surface area contributed by atoms with Crippen molar-refractivity contribution >= 4 is 39.3 Å². The van der Waals surface area contributed by atoms with Crippen molar-refractivity contribution in [1.29, 1.82) is 0 Å². The van der Waals surface area contributed by atoms with Gasteiger partial charge in [-0.1, -0.05) is 96.1 Å². The highest BCUT2D eigenvalue weighted by atomic mass is 79.9. The Hall–Kier alpha value is -3.16. The molecule has 4 aromatic rings. The first-order valence-electron chi connectivity index (χ1n) is 12.3. The van der Waals surface area contributed by atoms with Gasteiger partial charge in [-0.15, -0.1) is 0 Å². The van der Waals surface area contributed by atoms with Crippen LogP contribution in [0.4, 0.5) is 5.69 Å². The van der Waals surface area contributed by atoms with E-state index in [4.69, 9.17) is 4.98 Å². The average Bonchev–Trinajstić information content (AvgIpc) is 2.91. The van der Waals surface area contributed by atoms with Crippen molar-refractivity contribution < 1.29 is 4.79 Å². The minimum absolute atomic E-state index is 0.0245. The summed E-state index contributed by atoms with van der Waals surface area (Å²) in [6.07, 6.45) is 1.63. The molecule has 188 valence electrons. The van der Waals surface area contributed by atoms with Gasteiger partial charge in [-0.2, -0.15) is 0 Å². The molecule has 3 aromatic carbocycles. The molecule has 0 unspecified atom stereocenters. The summed E-state index contributed by atoms with van der Waals surface area (Å²) in [4.78, 5) is 32.1. The number of rotatable bonds is 7. The number of hydrogen-bond donors (Lipinski definition) is 1. The number of thioether (sulfide) groups is 1. The maximum Gasteiger partial charge on any atom is 0.258 e. The van der Waals surface area contributed by atoms with E-state index in [0.717, 1.165) is 45.4 Å². The number of fused-ring (bicyclic) bond motifs is 3. The Morgan fingerprint density at radius 2 is 1.76 bits per heavy atom. The maximum absolute atomic E-state index is 14.2. The Labute approximate surface area is 229 Å². The molecule has 1 heterocycles. The summed E-state index contributed by atoms with van der Waals surface area (Å²) in [6, 6.07) is 25.6. The van der Waals surface area contributed by atoms with E-state index >= 15 is 0 Å². The van der Waals surface area contributed by atoms with Crippen molar-refractivity contribution in [3.05, 3.63) is 110 Å². The second-order valence-electron chi connectivity index (χ2n) is 9.59. The summed E-state index contributed by atoms with van der Waals surface area (Å²) in [6.45, 7) is 4.70. The number of nitrogens with zero attached hydrogens (tertiary/aromatic N) is 2. The van der Waals surface area contributed by atoms with Gasteiger partial charge < -0.3 is 5.32 Å². The molecule has 0 spiro atoms. The zero-order valence-corrected chi connectivity index (χ0v) is 23.2. The Morgan fingerprint density at radius 1 is 1.05 bits per heavy atom. The largest absolute Gasteiger partial charge is 0.325 e. The summed E-state index contributed by atoms with van der Waals surface area (Å²) >= 11 is 4.71. The van der Waals surface area contributed by atoms with Gasteiger partial charge in [0.15, 0.2) is 5.16 Å². The monoisotopic (exact) mass is 573 g/mol. The molecule has 1 aromatic heterocycles. The van der Waals surface area contributed by atoms with E-state index in [1.165, 1.54) is 17.3 Å². The van der Waals surface area contributed by atoms with Crippen LogP contribution in [-0.4, -0.2) is 21.2 Å². The predicted molar refractivity (Wildman–Crippen MR) is 154 cm³/mol. The highest BCUT2D eigenvalue weighted by molar-refractivity contribution is 9.10. The first-order valence-corrected chi connectivity index (χ1v) is 14.1. The van der Waals surface area contributed by atoms with Crippen molar-refractivity contribution in [3.63, 3.8) is 0 Å². The summed E-state index contributed by atoms with van der Waals surface area (Å²) in [5, 5.41) is 3.48. The third-order valence-corrected chi connectivity index (χ3v) is 8.52. The first-order chi connectivity index (χ1) is 17.9. The summed E-state index contributed by atoms with van der Waals surface area (Å²) in [5.41, 5.74) is 5.13. The lowest BCUT2D eigenvalue weighted by atomic mass is 9.69. The Bertz CT molecular complexity index is 1500. The summed E-state index contributed by atoms with van der Waals surface area (Å²) < 4.78 is 2.69. The molecular formula is C30H28BrN3O2S. The number of nitrogens with one attached hydrogen (secondary N) is 1. The van der Waals surface area contributed by atoms with Crippen molar-refractivity contribution in [2.45, 2.75) is 43.8 Å². The molecule has 5 rings (SSSR count). The van der Waals surface area contributed by atoms with Crippen LogP contribution in [0.1, 0.15) is 37.0 Å². The third-order valence-electron chi connectivity index (χ3n) is 7.02. The normalized spacial score (nSPS) is 16.1. The van der Waals surface area contributed by atoms with Crippen LogP contribution in [-0.2, 0) is 23.2 Å². The lowest BCUT2D eigenvalue weighted by molar-refractivity contribution is -0.113. The SMILES string of the molecule is CC[C@]1(C)Cc2ccccc2-c2nc(SCC(=O)Nc3ccc(Br)cc3)n(Cc3ccccc3)c(=O)c21. The average molecular weight is 575 g/mol. The molecule has 0 radical (unpaired) electrons. The van der Waals surface area contributed by atoms with Gasteiger partial charge in [0.1, 0.15) is 0 Å². The number of aromatic nitrogens is 2. The molecule has 5 nitrogen and oxygen atoms in total. The van der Waals surface area contributed by atoms with E-state index in [0.29, 0.717) is 11.7 Å². The number of amides is 1. The molecule has 1 aliphatic carbocycles. The van der Waals surface area contributed by atoms with Gasteiger partial charge in [0.05, 0.1) is 23.6 Å². The van der Waals surface area contributed by atoms with E-state index in [-0.39, 0.29) is 22.6 Å². The Kier molecular flexibility index (Phi) is 7.36. The van der Waals surface area contributed by atoms with Gasteiger partial charge in [0.2, 0.25) is 5.91 Å². The highest BCUT2D eigenvalue weighted by Crippen LogP contribution is 2.43. The van der Waals surface area contributed by atoms with Crippen LogP contribution in [0.2, 0.25) is 0 Å². The summed E-state index contributed by atoms with van der Waals surface area (Å²) in [5.74, 6) is -0.00711. The molecular weight excluding hydrogens is 546 g/mol. The van der Waals surface area contributed by atoms with E-state index in [1.807, 2.05) is 72.8 Å². The number of carbonyl (C=O) groups excluding carboxylic acids is 1. The van der Waals surface area contributed by atoms with Crippen molar-refractivity contribution in [3.8, 4) is 11.3 Å². The van der Waals surface area contributed by atoms with Crippen molar-refractivity contribution in [2.24, 2.45) is 0 Å². The van der Waals surface area contributed by atoms with Crippen LogP contribution in [0.3, 0.4) is 0 Å². The van der Waals surface area contributed by atoms with Gasteiger partial charge >= 0.3 is 0 Å². The Balaban J connectivity index is 1.56. The van der Waals surface area contributed by atoms with Crippen molar-refractivity contribution in [2.75, 3.05) is 11.1 Å². The standard InChI is InChI=1S/C30H28BrN3O2S/c1-3-30(2)17-21-11-7-8-12-24(21)27-26(30)28(36)34(18-20-9-5-4-6-10-20)29(33-27)37-19-25(35)32-23-15-13-22(31)14-16-23/h4-16H,3,17-19H2,1-2H3,(H,32,35)/t30-/m1/s1. The molecule has 37 heavy (non-hydrogen) atoms. The number of carbonyl (C=O) groups is 1. The molecule has 1 N–H and O–H groups in total. The van der Waals surface area contributed by atoms with Crippen LogP contribution in [0, 0.1) is 0 Å². The fraction of sp³-hybridized carbons (Fsp3) is 0.233. The molecule has 0 aliphatic heterocycles. The number of anilines is 1. The maximum atomic E-state index is 14.2. The molecule has 1 atom stereocenters. The molecule has 7 heteroatoms. The molecule has 0 bridgehead atoms. The zero-order valence-electron chi connectivity index (χ0n) is 20.8. The number of benzene rings is 3. The predicted octanol–water partition coefficient (Wildman–Crippen LogP) is 6.68. The second-order valence-corrected chi connectivity index (χ2v) is 11.4. The third kappa shape index (κ3) is 5.29. The van der Waals surface area contributed by atoms with Gasteiger partial charge in [0, 0.05) is 21.1 Å². The van der Waals surface area contributed by atoms with Crippen LogP contribution in [0.25, 0.3) is 11.3 Å². The topological polar surface area (TPSA) is 64.0 Å². The fourth-order valence-corrected chi connectivity index (χ4v) is 5.92. The molecule has 1 amide bonds. The van der Waals surface area contributed by atoms with Crippen LogP contribution in [0.15, 0.2) is 93.3 Å². The zero-order chi connectivity index (χ0) is 26.0. The quantitative estimate of drug-likeness (QED) is 0.198. The lowest BCUT2D eigenvalue weighted by Crippen LogP contribution is -2.40. The van der Waals surface area contributed by atoms with Gasteiger partial charge in [-0.05, 0) is 48.2 Å². The van der Waals surface area contributed by atoms with E-state index in [9.17, 15) is 9.59 Å². The Morgan fingerprint density at radius 3 is 2.49 bits per heavy atom. The van der Waals surface area contributed by atoms with Crippen LogP contribution in [0.5, 0.6) is 0 Å². The fourth-order valence-electron chi connectivity index (χ4n) is 4.87. The van der Waals surface area contributed by atoms with Crippen molar-refractivity contribution in [1.82, 2.24) is 9.55 Å². The minimum Gasteiger partial charge on any atom is -0.325 e. The molecule has 1 aliphatic rings. The smallest absolute Gasteiger partial charge is 0.258 e. The van der Waals surface area contributed by atoms with Gasteiger partial charge in [-0.3, -0.25) is 14.2 Å². The highest BCUT2D eigenvalue weighted by Gasteiger charge is 2.38. The van der Waals surface area contributed by atoms with E-state index in [2.05, 4.69) is 41.2 Å². The summed E-state index contributed by atoms with van der Waals surface area (Å²) in [7, 11) is 0. The van der Waals surface area contributed by atoms with Crippen LogP contribution >= 0.6 is 27.7 Å². The lowest BCUT2D eigenvalue weighted by Gasteiger charge is -2.36. The molecule has 0 saturated heterocycles. The second kappa shape index (κ2) is 10.7. The molecule has 0 fully saturated rings.